The van der Waals surface area contributed by atoms with Crippen LogP contribution >= 0.6 is 11.6 Å². The number of rotatable bonds is 5. The molecule has 6 nitrogen and oxygen atoms in total. The molecule has 0 bridgehead atoms. The summed E-state index contributed by atoms with van der Waals surface area (Å²) in [5.41, 5.74) is 0.929. The maximum Gasteiger partial charge on any atom is 0.258 e. The Hall–Kier alpha value is -2.44. The highest BCUT2D eigenvalue weighted by Crippen LogP contribution is 2.28. The Bertz CT molecular complexity index is 888. The number of benzene rings is 1. The van der Waals surface area contributed by atoms with Crippen LogP contribution in [0.5, 0.6) is 0 Å². The summed E-state index contributed by atoms with van der Waals surface area (Å²) in [6.45, 7) is 1.96. The highest BCUT2D eigenvalue weighted by Gasteiger charge is 2.30. The molecule has 0 spiro atoms. The Kier molecular flexibility index (Phi) is 6.65. The zero-order valence-corrected chi connectivity index (χ0v) is 17.7. The molecular formula is C23H27ClN4O2. The van der Waals surface area contributed by atoms with E-state index in [1.165, 1.54) is 31.9 Å². The number of halogens is 1. The Morgan fingerprint density at radius 3 is 2.40 bits per heavy atom. The number of likely N-dealkylation sites (tertiary alicyclic amines) is 1. The van der Waals surface area contributed by atoms with Gasteiger partial charge in [0.15, 0.2) is 0 Å². The predicted molar refractivity (Wildman–Crippen MR) is 119 cm³/mol. The number of carbonyl (C=O) groups excluding carboxylic acids is 2. The van der Waals surface area contributed by atoms with E-state index in [-0.39, 0.29) is 17.7 Å². The molecule has 0 radical (unpaired) electrons. The van der Waals surface area contributed by atoms with Gasteiger partial charge in [-0.05, 0) is 63.0 Å². The van der Waals surface area contributed by atoms with Crippen molar-refractivity contribution >= 4 is 34.9 Å². The van der Waals surface area contributed by atoms with E-state index in [0.29, 0.717) is 28.1 Å². The van der Waals surface area contributed by atoms with Crippen molar-refractivity contribution < 1.29 is 9.59 Å². The first-order valence-electron chi connectivity index (χ1n) is 10.7. The summed E-state index contributed by atoms with van der Waals surface area (Å²) in [5, 5.41) is 6.23. The molecule has 0 atom stereocenters. The Labute approximate surface area is 182 Å². The lowest BCUT2D eigenvalue weighted by Crippen LogP contribution is -2.42. The quantitative estimate of drug-likeness (QED) is 0.733. The van der Waals surface area contributed by atoms with Crippen LogP contribution in [0.25, 0.3) is 0 Å². The number of hydrogen-bond acceptors (Lipinski definition) is 4. The van der Waals surface area contributed by atoms with Crippen molar-refractivity contribution in [3.63, 3.8) is 0 Å². The topological polar surface area (TPSA) is 74.3 Å². The van der Waals surface area contributed by atoms with E-state index in [2.05, 4.69) is 20.5 Å². The van der Waals surface area contributed by atoms with Gasteiger partial charge in [0.1, 0.15) is 5.82 Å². The zero-order chi connectivity index (χ0) is 20.9. The highest BCUT2D eigenvalue weighted by atomic mass is 35.5. The van der Waals surface area contributed by atoms with Crippen molar-refractivity contribution in [2.75, 3.05) is 23.7 Å². The second-order valence-electron chi connectivity index (χ2n) is 8.10. The minimum atomic E-state index is -0.322. The van der Waals surface area contributed by atoms with Gasteiger partial charge < -0.3 is 15.5 Å². The zero-order valence-electron chi connectivity index (χ0n) is 16.9. The molecule has 2 heterocycles. The van der Waals surface area contributed by atoms with Gasteiger partial charge >= 0.3 is 0 Å². The SMILES string of the molecule is O=C(Nc1ccc(Cl)cn1)c1ccccc1NC(=O)C1CCN(C2CCCC2)CC1. The minimum Gasteiger partial charge on any atom is -0.325 e. The van der Waals surface area contributed by atoms with Gasteiger partial charge in [-0.1, -0.05) is 36.6 Å². The first-order valence-corrected chi connectivity index (χ1v) is 11.0. The molecule has 1 aromatic carbocycles. The van der Waals surface area contributed by atoms with E-state index >= 15 is 0 Å². The van der Waals surface area contributed by atoms with Gasteiger partial charge in [-0.3, -0.25) is 9.59 Å². The number of nitrogens with zero attached hydrogens (tertiary/aromatic N) is 2. The van der Waals surface area contributed by atoms with Crippen molar-refractivity contribution in [2.45, 2.75) is 44.6 Å². The van der Waals surface area contributed by atoms with Crippen LogP contribution in [-0.2, 0) is 4.79 Å². The third-order valence-electron chi connectivity index (χ3n) is 6.14. The first kappa shape index (κ1) is 20.8. The van der Waals surface area contributed by atoms with Crippen molar-refractivity contribution in [3.8, 4) is 0 Å². The molecule has 30 heavy (non-hydrogen) atoms. The van der Waals surface area contributed by atoms with E-state index in [1.807, 2.05) is 6.07 Å². The maximum atomic E-state index is 12.9. The molecule has 2 aromatic rings. The fourth-order valence-corrected chi connectivity index (χ4v) is 4.57. The molecule has 7 heteroatoms. The van der Waals surface area contributed by atoms with E-state index in [1.54, 1.807) is 30.3 Å². The molecule has 1 saturated carbocycles. The predicted octanol–water partition coefficient (Wildman–Crippen LogP) is 4.58. The van der Waals surface area contributed by atoms with Gasteiger partial charge in [-0.15, -0.1) is 0 Å². The van der Waals surface area contributed by atoms with E-state index < -0.39 is 0 Å². The van der Waals surface area contributed by atoms with Gasteiger partial charge in [0.05, 0.1) is 16.3 Å². The monoisotopic (exact) mass is 426 g/mol. The van der Waals surface area contributed by atoms with Crippen LogP contribution in [0.2, 0.25) is 5.02 Å². The number of pyridine rings is 1. The average molecular weight is 427 g/mol. The molecule has 2 amide bonds. The third kappa shape index (κ3) is 4.99. The average Bonchev–Trinajstić information content (AvgIpc) is 3.31. The summed E-state index contributed by atoms with van der Waals surface area (Å²) in [7, 11) is 0. The van der Waals surface area contributed by atoms with Crippen LogP contribution in [0.4, 0.5) is 11.5 Å². The van der Waals surface area contributed by atoms with Crippen molar-refractivity contribution in [1.29, 1.82) is 0 Å². The highest BCUT2D eigenvalue weighted by molar-refractivity contribution is 6.30. The molecule has 158 valence electrons. The van der Waals surface area contributed by atoms with Crippen LogP contribution < -0.4 is 10.6 Å². The van der Waals surface area contributed by atoms with Crippen molar-refractivity contribution in [1.82, 2.24) is 9.88 Å². The number of anilines is 2. The molecular weight excluding hydrogens is 400 g/mol. The number of aromatic nitrogens is 1. The summed E-state index contributed by atoms with van der Waals surface area (Å²) in [6.07, 6.45) is 8.45. The second-order valence-corrected chi connectivity index (χ2v) is 8.54. The standard InChI is InChI=1S/C23H27ClN4O2/c24-17-9-10-21(25-15-17)27-23(30)19-7-3-4-8-20(19)26-22(29)16-11-13-28(14-12-16)18-5-1-2-6-18/h3-4,7-10,15-16,18H,1-2,5-6,11-14H2,(H,26,29)(H,25,27,30). The summed E-state index contributed by atoms with van der Waals surface area (Å²) in [6, 6.07) is 11.1. The number of hydrogen-bond donors (Lipinski definition) is 2. The molecule has 1 aliphatic heterocycles. The van der Waals surface area contributed by atoms with E-state index in [9.17, 15) is 9.59 Å². The van der Waals surface area contributed by atoms with Gasteiger partial charge in [0, 0.05) is 18.2 Å². The number of nitrogens with one attached hydrogen (secondary N) is 2. The molecule has 1 aliphatic carbocycles. The van der Waals surface area contributed by atoms with Gasteiger partial charge in [-0.25, -0.2) is 4.98 Å². The lowest BCUT2D eigenvalue weighted by atomic mass is 9.94. The fourth-order valence-electron chi connectivity index (χ4n) is 4.45. The summed E-state index contributed by atoms with van der Waals surface area (Å²) in [5.74, 6) is 0.0595. The van der Waals surface area contributed by atoms with Crippen LogP contribution in [0.1, 0.15) is 48.9 Å². The lowest BCUT2D eigenvalue weighted by molar-refractivity contribution is -0.121. The number of piperidine rings is 1. The van der Waals surface area contributed by atoms with Crippen LogP contribution in [0.15, 0.2) is 42.6 Å². The second kappa shape index (κ2) is 9.58. The Morgan fingerprint density at radius 1 is 0.967 bits per heavy atom. The maximum absolute atomic E-state index is 12.9. The smallest absolute Gasteiger partial charge is 0.258 e. The number of para-hydroxylation sites is 1. The Balaban J connectivity index is 1.37. The molecule has 1 saturated heterocycles. The molecule has 2 aliphatic rings. The van der Waals surface area contributed by atoms with Crippen molar-refractivity contribution in [3.05, 3.63) is 53.2 Å². The van der Waals surface area contributed by atoms with Crippen LogP contribution in [0, 0.1) is 5.92 Å². The van der Waals surface area contributed by atoms with Crippen LogP contribution in [-0.4, -0.2) is 40.8 Å². The molecule has 1 aromatic heterocycles. The van der Waals surface area contributed by atoms with Gasteiger partial charge in [-0.2, -0.15) is 0 Å². The third-order valence-corrected chi connectivity index (χ3v) is 6.36. The minimum absolute atomic E-state index is 0.00839. The summed E-state index contributed by atoms with van der Waals surface area (Å²) in [4.78, 5) is 32.2. The first-order chi connectivity index (χ1) is 14.6. The van der Waals surface area contributed by atoms with Gasteiger partial charge in [0.2, 0.25) is 5.91 Å². The van der Waals surface area contributed by atoms with E-state index in [4.69, 9.17) is 11.6 Å². The van der Waals surface area contributed by atoms with Crippen molar-refractivity contribution in [2.24, 2.45) is 5.92 Å². The molecule has 2 fully saturated rings. The molecule has 0 unspecified atom stereocenters. The Morgan fingerprint density at radius 2 is 1.70 bits per heavy atom. The largest absolute Gasteiger partial charge is 0.325 e. The lowest BCUT2D eigenvalue weighted by Gasteiger charge is -2.35. The summed E-state index contributed by atoms with van der Waals surface area (Å²) >= 11 is 5.84. The van der Waals surface area contributed by atoms with E-state index in [0.717, 1.165) is 25.9 Å². The molecule has 2 N–H and O–H groups in total. The number of carbonyl (C=O) groups is 2. The normalized spacial score (nSPS) is 18.3. The fraction of sp³-hybridized carbons (Fsp3) is 0.435. The summed E-state index contributed by atoms with van der Waals surface area (Å²) < 4.78 is 0. The molecule has 4 rings (SSSR count). The van der Waals surface area contributed by atoms with Crippen LogP contribution in [0.3, 0.4) is 0 Å². The van der Waals surface area contributed by atoms with Gasteiger partial charge in [0.25, 0.3) is 5.91 Å². The number of amides is 2.